The molecular weight excluding hydrogens is 264 g/mol. The molecule has 1 aromatic rings. The highest BCUT2D eigenvalue weighted by Gasteiger charge is 2.57. The minimum atomic E-state index is -0.380. The van der Waals surface area contributed by atoms with Gasteiger partial charge < -0.3 is 15.8 Å². The standard InChI is InChI=1S/C17H24N2O2/c1-10-9-11(16(18)20)6-7-13(10)19-14-12-5-4-8-21-15(12)17(14,2)3/h6-7,9,12,14-15,19H,4-5,8H2,1-3H3,(H2,18,20). The first kappa shape index (κ1) is 14.4. The van der Waals surface area contributed by atoms with Crippen molar-refractivity contribution in [2.24, 2.45) is 17.1 Å². The van der Waals surface area contributed by atoms with E-state index in [-0.39, 0.29) is 11.3 Å². The first-order valence-electron chi connectivity index (χ1n) is 7.70. The van der Waals surface area contributed by atoms with E-state index >= 15 is 0 Å². The van der Waals surface area contributed by atoms with Gasteiger partial charge in [-0.25, -0.2) is 0 Å². The number of primary amides is 1. The Morgan fingerprint density at radius 3 is 2.86 bits per heavy atom. The second kappa shape index (κ2) is 5.02. The Bertz CT molecular complexity index is 568. The topological polar surface area (TPSA) is 64.4 Å². The summed E-state index contributed by atoms with van der Waals surface area (Å²) in [5, 5.41) is 3.67. The van der Waals surface area contributed by atoms with Gasteiger partial charge in [0.1, 0.15) is 0 Å². The van der Waals surface area contributed by atoms with Gasteiger partial charge in [-0.1, -0.05) is 13.8 Å². The van der Waals surface area contributed by atoms with Gasteiger partial charge in [-0.3, -0.25) is 4.79 Å². The Morgan fingerprint density at radius 2 is 2.19 bits per heavy atom. The summed E-state index contributed by atoms with van der Waals surface area (Å²) in [4.78, 5) is 11.2. The third-order valence-electron chi connectivity index (χ3n) is 5.15. The zero-order valence-electron chi connectivity index (χ0n) is 13.0. The van der Waals surface area contributed by atoms with Gasteiger partial charge in [0.15, 0.2) is 0 Å². The predicted molar refractivity (Wildman–Crippen MR) is 83.4 cm³/mol. The molecule has 1 saturated carbocycles. The minimum Gasteiger partial charge on any atom is -0.381 e. The largest absolute Gasteiger partial charge is 0.381 e. The summed E-state index contributed by atoms with van der Waals surface area (Å²) < 4.78 is 5.94. The van der Waals surface area contributed by atoms with E-state index in [1.165, 1.54) is 6.42 Å². The molecule has 1 aliphatic heterocycles. The van der Waals surface area contributed by atoms with Gasteiger partial charge in [-0.05, 0) is 43.5 Å². The Hall–Kier alpha value is -1.55. The van der Waals surface area contributed by atoms with Crippen LogP contribution in [0.4, 0.5) is 5.69 Å². The van der Waals surface area contributed by atoms with Gasteiger partial charge in [0.25, 0.3) is 0 Å². The highest BCUT2D eigenvalue weighted by atomic mass is 16.5. The molecule has 1 aromatic carbocycles. The molecule has 2 aliphatic rings. The van der Waals surface area contributed by atoms with Crippen LogP contribution in [0, 0.1) is 18.3 Å². The van der Waals surface area contributed by atoms with E-state index in [2.05, 4.69) is 19.2 Å². The summed E-state index contributed by atoms with van der Waals surface area (Å²) in [6, 6.07) is 6.02. The summed E-state index contributed by atoms with van der Waals surface area (Å²) in [7, 11) is 0. The van der Waals surface area contributed by atoms with Gasteiger partial charge >= 0.3 is 0 Å². The van der Waals surface area contributed by atoms with Crippen LogP contribution in [0.3, 0.4) is 0 Å². The maximum absolute atomic E-state index is 11.2. The molecule has 21 heavy (non-hydrogen) atoms. The molecule has 2 fully saturated rings. The number of carbonyl (C=O) groups is 1. The highest BCUT2D eigenvalue weighted by molar-refractivity contribution is 5.93. The number of carbonyl (C=O) groups excluding carboxylic acids is 1. The Labute approximate surface area is 126 Å². The smallest absolute Gasteiger partial charge is 0.248 e. The van der Waals surface area contributed by atoms with Gasteiger partial charge in [0, 0.05) is 35.2 Å². The lowest BCUT2D eigenvalue weighted by Gasteiger charge is -2.60. The monoisotopic (exact) mass is 288 g/mol. The molecule has 4 nitrogen and oxygen atoms in total. The molecule has 1 amide bonds. The number of aryl methyl sites for hydroxylation is 1. The lowest BCUT2D eigenvalue weighted by molar-refractivity contribution is -0.177. The fourth-order valence-electron chi connectivity index (χ4n) is 3.96. The van der Waals surface area contributed by atoms with E-state index in [1.54, 1.807) is 6.07 Å². The van der Waals surface area contributed by atoms with Crippen molar-refractivity contribution in [1.29, 1.82) is 0 Å². The molecule has 1 aliphatic carbocycles. The first-order chi connectivity index (χ1) is 9.91. The van der Waals surface area contributed by atoms with Crippen molar-refractivity contribution >= 4 is 11.6 Å². The average Bonchev–Trinajstić information content (AvgIpc) is 2.45. The van der Waals surface area contributed by atoms with Crippen molar-refractivity contribution in [3.05, 3.63) is 29.3 Å². The average molecular weight is 288 g/mol. The summed E-state index contributed by atoms with van der Waals surface area (Å²) in [6.45, 7) is 7.44. The third kappa shape index (κ3) is 2.31. The number of ether oxygens (including phenoxy) is 1. The SMILES string of the molecule is Cc1cc(C(N)=O)ccc1NC1C2CCCOC2C1(C)C. The number of amides is 1. The molecular formula is C17H24N2O2. The summed E-state index contributed by atoms with van der Waals surface area (Å²) in [6.07, 6.45) is 2.74. The molecule has 1 saturated heterocycles. The van der Waals surface area contributed by atoms with E-state index in [0.29, 0.717) is 23.6 Å². The number of anilines is 1. The van der Waals surface area contributed by atoms with Crippen molar-refractivity contribution in [2.45, 2.75) is 45.8 Å². The third-order valence-corrected chi connectivity index (χ3v) is 5.15. The van der Waals surface area contributed by atoms with Crippen LogP contribution in [0.5, 0.6) is 0 Å². The van der Waals surface area contributed by atoms with Crippen molar-refractivity contribution in [2.75, 3.05) is 11.9 Å². The molecule has 4 heteroatoms. The van der Waals surface area contributed by atoms with Crippen LogP contribution in [-0.4, -0.2) is 24.7 Å². The van der Waals surface area contributed by atoms with Crippen LogP contribution in [0.25, 0.3) is 0 Å². The maximum atomic E-state index is 11.2. The molecule has 114 valence electrons. The van der Waals surface area contributed by atoms with Crippen LogP contribution in [0.1, 0.15) is 42.6 Å². The Morgan fingerprint density at radius 1 is 1.43 bits per heavy atom. The maximum Gasteiger partial charge on any atom is 0.248 e. The van der Waals surface area contributed by atoms with Crippen LogP contribution in [0.2, 0.25) is 0 Å². The fraction of sp³-hybridized carbons (Fsp3) is 0.588. The first-order valence-corrected chi connectivity index (χ1v) is 7.70. The molecule has 0 spiro atoms. The van der Waals surface area contributed by atoms with Gasteiger partial charge in [0.2, 0.25) is 5.91 Å². The van der Waals surface area contributed by atoms with E-state index in [9.17, 15) is 4.79 Å². The highest BCUT2D eigenvalue weighted by Crippen LogP contribution is 2.52. The number of rotatable bonds is 3. The predicted octanol–water partition coefficient (Wildman–Crippen LogP) is 2.71. The molecule has 3 atom stereocenters. The van der Waals surface area contributed by atoms with Crippen LogP contribution >= 0.6 is 0 Å². The molecule has 0 aromatic heterocycles. The lowest BCUT2D eigenvalue weighted by Crippen LogP contribution is -2.67. The number of nitrogens with two attached hydrogens (primary N) is 1. The van der Waals surface area contributed by atoms with E-state index in [0.717, 1.165) is 24.3 Å². The van der Waals surface area contributed by atoms with E-state index in [1.807, 2.05) is 19.1 Å². The second-order valence-electron chi connectivity index (χ2n) is 6.93. The summed E-state index contributed by atoms with van der Waals surface area (Å²) >= 11 is 0. The number of fused-ring (bicyclic) bond motifs is 1. The van der Waals surface area contributed by atoms with Crippen molar-refractivity contribution in [1.82, 2.24) is 0 Å². The summed E-state index contributed by atoms with van der Waals surface area (Å²) in [5.41, 5.74) is 8.17. The number of benzene rings is 1. The van der Waals surface area contributed by atoms with Crippen LogP contribution < -0.4 is 11.1 Å². The minimum absolute atomic E-state index is 0.139. The number of nitrogens with one attached hydrogen (secondary N) is 1. The fourth-order valence-corrected chi connectivity index (χ4v) is 3.96. The zero-order chi connectivity index (χ0) is 15.2. The number of hydrogen-bond acceptors (Lipinski definition) is 3. The second-order valence-corrected chi connectivity index (χ2v) is 6.93. The molecule has 3 unspecified atom stereocenters. The quantitative estimate of drug-likeness (QED) is 0.899. The molecule has 0 radical (unpaired) electrons. The van der Waals surface area contributed by atoms with Crippen molar-refractivity contribution in [3.63, 3.8) is 0 Å². The molecule has 0 bridgehead atoms. The lowest BCUT2D eigenvalue weighted by atomic mass is 9.55. The Kier molecular flexibility index (Phi) is 3.44. The normalized spacial score (nSPS) is 30.1. The van der Waals surface area contributed by atoms with Crippen molar-refractivity contribution in [3.8, 4) is 0 Å². The van der Waals surface area contributed by atoms with Crippen molar-refractivity contribution < 1.29 is 9.53 Å². The zero-order valence-corrected chi connectivity index (χ0v) is 13.0. The molecule has 3 rings (SSSR count). The molecule has 1 heterocycles. The van der Waals surface area contributed by atoms with Crippen LogP contribution in [-0.2, 0) is 4.74 Å². The molecule has 3 N–H and O–H groups in total. The van der Waals surface area contributed by atoms with Gasteiger partial charge in [-0.2, -0.15) is 0 Å². The van der Waals surface area contributed by atoms with Crippen LogP contribution in [0.15, 0.2) is 18.2 Å². The van der Waals surface area contributed by atoms with E-state index < -0.39 is 0 Å². The Balaban J connectivity index is 1.79. The summed E-state index contributed by atoms with van der Waals surface area (Å²) in [5.74, 6) is 0.207. The number of hydrogen-bond donors (Lipinski definition) is 2. The van der Waals surface area contributed by atoms with Gasteiger partial charge in [0.05, 0.1) is 6.10 Å². The van der Waals surface area contributed by atoms with Gasteiger partial charge in [-0.15, -0.1) is 0 Å². The van der Waals surface area contributed by atoms with E-state index in [4.69, 9.17) is 10.5 Å².